The van der Waals surface area contributed by atoms with E-state index in [0.717, 1.165) is 86.9 Å². The molecule has 5 fully saturated rings. The zero-order valence-electron chi connectivity index (χ0n) is 34.4. The van der Waals surface area contributed by atoms with Crippen molar-refractivity contribution < 1.29 is 41.8 Å². The third kappa shape index (κ3) is 8.87. The number of alkyl halides is 1. The zero-order chi connectivity index (χ0) is 42.2. The second-order valence-electron chi connectivity index (χ2n) is 18.1. The van der Waals surface area contributed by atoms with Gasteiger partial charge in [0.05, 0.1) is 29.0 Å². The summed E-state index contributed by atoms with van der Waals surface area (Å²) in [5.41, 5.74) is -0.0282. The molecule has 8 rings (SSSR count). The molecule has 1 aromatic carbocycles. The van der Waals surface area contributed by atoms with Crippen molar-refractivity contribution in [3.05, 3.63) is 42.5 Å². The maximum atomic E-state index is 15.0. The van der Waals surface area contributed by atoms with Crippen molar-refractivity contribution in [1.82, 2.24) is 25.2 Å². The maximum absolute atomic E-state index is 15.0. The number of nitrogens with one attached hydrogen (secondary N) is 3. The highest BCUT2D eigenvalue weighted by atomic mass is 79.9. The van der Waals surface area contributed by atoms with Crippen LogP contribution in [0.15, 0.2) is 36.9 Å². The van der Waals surface area contributed by atoms with Crippen LogP contribution in [0.2, 0.25) is 0 Å². The summed E-state index contributed by atoms with van der Waals surface area (Å²) in [5, 5.41) is 7.50. The Hall–Kier alpha value is -3.92. The highest BCUT2D eigenvalue weighted by molar-refractivity contribution is 9.09. The van der Waals surface area contributed by atoms with Crippen molar-refractivity contribution in [3.63, 3.8) is 0 Å². The number of aromatic nitrogens is 1. The molecule has 326 valence electrons. The molecular weight excluding hydrogens is 854 g/mol. The minimum absolute atomic E-state index is 0.00606. The lowest BCUT2D eigenvalue weighted by molar-refractivity contribution is -0.142. The monoisotopic (exact) mass is 911 g/mol. The van der Waals surface area contributed by atoms with Crippen LogP contribution >= 0.6 is 15.9 Å². The fourth-order valence-corrected chi connectivity index (χ4v) is 11.0. The number of para-hydroxylation sites is 1. The van der Waals surface area contributed by atoms with Gasteiger partial charge in [-0.1, -0.05) is 66.2 Å². The Balaban J connectivity index is 1.14. The lowest BCUT2D eigenvalue weighted by atomic mass is 9.83. The minimum Gasteiger partial charge on any atom is -0.492 e. The van der Waals surface area contributed by atoms with Crippen molar-refractivity contribution in [2.45, 2.75) is 144 Å². The summed E-state index contributed by atoms with van der Waals surface area (Å²) in [6, 6.07) is 5.71. The fourth-order valence-electron chi connectivity index (χ4n) is 9.44. The van der Waals surface area contributed by atoms with Crippen LogP contribution in [0.25, 0.3) is 10.9 Å². The van der Waals surface area contributed by atoms with E-state index in [0.29, 0.717) is 43.0 Å². The van der Waals surface area contributed by atoms with Gasteiger partial charge in [0, 0.05) is 23.1 Å². The number of ether oxygens (including phenoxy) is 3. The molecule has 2 bridgehead atoms. The van der Waals surface area contributed by atoms with Gasteiger partial charge in [-0.05, 0) is 95.1 Å². The molecular formula is C44H58BrN5O9S. The lowest BCUT2D eigenvalue weighted by Crippen LogP contribution is -2.59. The first-order valence-corrected chi connectivity index (χ1v) is 24.5. The fraction of sp³-hybridized carbons (Fsp3) is 0.659. The summed E-state index contributed by atoms with van der Waals surface area (Å²) in [6.45, 7) is 5.92. The van der Waals surface area contributed by atoms with Gasteiger partial charge in [-0.2, -0.15) is 0 Å². The van der Waals surface area contributed by atoms with E-state index >= 15 is 4.79 Å². The van der Waals surface area contributed by atoms with E-state index in [2.05, 4.69) is 37.9 Å². The van der Waals surface area contributed by atoms with E-state index in [-0.39, 0.29) is 37.3 Å². The Morgan fingerprint density at radius 2 is 1.78 bits per heavy atom. The summed E-state index contributed by atoms with van der Waals surface area (Å²) >= 11 is 3.52. The highest BCUT2D eigenvalue weighted by Gasteiger charge is 2.63. The zero-order valence-corrected chi connectivity index (χ0v) is 36.8. The quantitative estimate of drug-likeness (QED) is 0.138. The minimum atomic E-state index is -4.00. The molecule has 4 saturated carbocycles. The molecule has 0 unspecified atom stereocenters. The average Bonchev–Trinajstić information content (AvgIpc) is 4.20. The molecule has 7 atom stereocenters. The molecule has 4 aliphatic carbocycles. The molecule has 0 radical (unpaired) electrons. The molecule has 6 aliphatic rings. The maximum Gasteiger partial charge on any atom is 0.408 e. The van der Waals surface area contributed by atoms with Gasteiger partial charge in [-0.25, -0.2) is 18.2 Å². The molecule has 14 nitrogen and oxygen atoms in total. The number of nitrogens with zero attached hydrogens (tertiary/aromatic N) is 2. The van der Waals surface area contributed by atoms with E-state index in [9.17, 15) is 22.8 Å². The topological polar surface area (TPSA) is 182 Å². The van der Waals surface area contributed by atoms with Gasteiger partial charge in [0.2, 0.25) is 27.7 Å². The smallest absolute Gasteiger partial charge is 0.408 e. The molecule has 3 heterocycles. The lowest BCUT2D eigenvalue weighted by Gasteiger charge is -2.34. The van der Waals surface area contributed by atoms with Crippen molar-refractivity contribution in [3.8, 4) is 11.6 Å². The number of sulfonamides is 1. The Morgan fingerprint density at radius 3 is 2.50 bits per heavy atom. The molecule has 1 aromatic heterocycles. The van der Waals surface area contributed by atoms with Crippen molar-refractivity contribution in [2.24, 2.45) is 17.8 Å². The SMILES string of the molecule is C=C[C@@H]1C[C@]1(NC(=O)[C@@H]1C[C@@H]2CN1C(=O)[C@H](C1CCCCC1)NC(=O)O[C@@H]1C[C@H]1CCCCCc1c(nc3ccccc3c1OCCCBr)O2)C(=O)NS(=O)(=O)C1(C)CC1. The largest absolute Gasteiger partial charge is 0.492 e. The van der Waals surface area contributed by atoms with E-state index in [1.165, 1.54) is 11.0 Å². The second kappa shape index (κ2) is 17.5. The summed E-state index contributed by atoms with van der Waals surface area (Å²) in [4.78, 5) is 63.5. The number of carbonyl (C=O) groups excluding carboxylic acids is 4. The van der Waals surface area contributed by atoms with Crippen LogP contribution in [0, 0.1) is 17.8 Å². The van der Waals surface area contributed by atoms with E-state index < -0.39 is 68.2 Å². The van der Waals surface area contributed by atoms with Crippen LogP contribution in [0.3, 0.4) is 0 Å². The van der Waals surface area contributed by atoms with Crippen LogP contribution in [-0.4, -0.2) is 95.2 Å². The molecule has 16 heteroatoms. The number of alkyl carbamates (subject to hydrolysis) is 1. The third-order valence-corrected chi connectivity index (χ3v) is 16.4. The Bertz CT molecular complexity index is 2110. The van der Waals surface area contributed by atoms with E-state index in [1.54, 1.807) is 6.92 Å². The standard InChI is InChI=1S/C44H58BrN5O9S/c1-3-29-25-44(29,41(53)49-60(55,56)43(2)19-20-43)48-38(51)34-24-30-26-50(34)40(52)36(27-13-6-4-7-14-27)47-42(54)59-35-23-28(35)15-8-5-9-17-32-37(57-22-12-21-45)31-16-10-11-18-33(31)46-39(32)58-30/h3,10-11,16,18,27-30,34-36H,1,4-9,12-15,17,19-26H2,2H3,(H,47,54)(H,48,51)(H,49,53)/t28-,29-,30-,34+,35-,36+,44-/m1/s1. The molecule has 4 amide bonds. The second-order valence-corrected chi connectivity index (χ2v) is 21.1. The van der Waals surface area contributed by atoms with Gasteiger partial charge >= 0.3 is 6.09 Å². The summed E-state index contributed by atoms with van der Waals surface area (Å²) in [7, 11) is -4.00. The normalized spacial score (nSPS) is 30.5. The Labute approximate surface area is 360 Å². The molecule has 0 spiro atoms. The molecule has 2 aromatic rings. The number of amides is 4. The van der Waals surface area contributed by atoms with Gasteiger partial charge in [0.1, 0.15) is 35.6 Å². The van der Waals surface area contributed by atoms with E-state index in [1.807, 2.05) is 24.3 Å². The van der Waals surface area contributed by atoms with Gasteiger partial charge < -0.3 is 29.7 Å². The molecule has 60 heavy (non-hydrogen) atoms. The van der Waals surface area contributed by atoms with Gasteiger partial charge in [-0.3, -0.25) is 19.1 Å². The molecule has 3 N–H and O–H groups in total. The van der Waals surface area contributed by atoms with Crippen molar-refractivity contribution in [1.29, 1.82) is 0 Å². The molecule has 1 saturated heterocycles. The number of halogens is 1. The number of rotatable bonds is 11. The predicted octanol–water partition coefficient (Wildman–Crippen LogP) is 5.99. The average molecular weight is 913 g/mol. The van der Waals surface area contributed by atoms with Gasteiger partial charge in [-0.15, -0.1) is 6.58 Å². The third-order valence-electron chi connectivity index (χ3n) is 13.7. The van der Waals surface area contributed by atoms with Gasteiger partial charge in [0.15, 0.2) is 0 Å². The first kappa shape index (κ1) is 42.8. The first-order valence-electron chi connectivity index (χ1n) is 21.9. The van der Waals surface area contributed by atoms with Crippen LogP contribution in [-0.2, 0) is 35.6 Å². The van der Waals surface area contributed by atoms with Gasteiger partial charge in [0.25, 0.3) is 5.91 Å². The van der Waals surface area contributed by atoms with Crippen molar-refractivity contribution >= 4 is 60.7 Å². The summed E-state index contributed by atoms with van der Waals surface area (Å²) < 4.78 is 46.8. The van der Waals surface area contributed by atoms with Crippen molar-refractivity contribution in [2.75, 3.05) is 18.5 Å². The van der Waals surface area contributed by atoms with Crippen LogP contribution < -0.4 is 24.8 Å². The van der Waals surface area contributed by atoms with Crippen LogP contribution in [0.4, 0.5) is 4.79 Å². The number of benzene rings is 1. The predicted molar refractivity (Wildman–Crippen MR) is 228 cm³/mol. The van der Waals surface area contributed by atoms with Crippen LogP contribution in [0.1, 0.15) is 109 Å². The number of fused-ring (bicyclic) bond motifs is 5. The Kier molecular flexibility index (Phi) is 12.4. The number of carbonyl (C=O) groups is 4. The number of hydrogen-bond donors (Lipinski definition) is 3. The summed E-state index contributed by atoms with van der Waals surface area (Å²) in [5.74, 6) is -1.19. The number of hydrogen-bond acceptors (Lipinski definition) is 10. The Morgan fingerprint density at radius 1 is 1.05 bits per heavy atom. The number of pyridine rings is 1. The first-order chi connectivity index (χ1) is 28.9. The van der Waals surface area contributed by atoms with Crippen LogP contribution in [0.5, 0.6) is 11.6 Å². The summed E-state index contributed by atoms with van der Waals surface area (Å²) in [6.07, 6.45) is 11.3. The molecule has 2 aliphatic heterocycles. The highest BCUT2D eigenvalue weighted by Crippen LogP contribution is 2.47. The van der Waals surface area contributed by atoms with E-state index in [4.69, 9.17) is 19.2 Å².